The summed E-state index contributed by atoms with van der Waals surface area (Å²) < 4.78 is 7.14. The minimum atomic E-state index is -1.68. The molecule has 1 unspecified atom stereocenters. The number of phenolic OH excluding ortho intramolecular Hbond substituents is 1. The molecule has 3 N–H and O–H groups in total. The van der Waals surface area contributed by atoms with Crippen LogP contribution in [0.2, 0.25) is 5.15 Å². The summed E-state index contributed by atoms with van der Waals surface area (Å²) in [6.07, 6.45) is 4.67. The van der Waals surface area contributed by atoms with Crippen molar-refractivity contribution in [3.8, 4) is 22.8 Å². The summed E-state index contributed by atoms with van der Waals surface area (Å²) in [5.41, 5.74) is 2.33. The highest BCUT2D eigenvalue weighted by Gasteiger charge is 2.37. The minimum absolute atomic E-state index is 0.128. The van der Waals surface area contributed by atoms with Gasteiger partial charge in [0.25, 0.3) is 0 Å². The number of fused-ring (bicyclic) bond motifs is 1. The van der Waals surface area contributed by atoms with Crippen molar-refractivity contribution in [2.45, 2.75) is 12.2 Å². The highest BCUT2D eigenvalue weighted by atomic mass is 35.5. The minimum Gasteiger partial charge on any atom is -0.508 e. The van der Waals surface area contributed by atoms with Crippen LogP contribution in [0.3, 0.4) is 0 Å². The zero-order valence-electron chi connectivity index (χ0n) is 19.6. The van der Waals surface area contributed by atoms with E-state index in [9.17, 15) is 15.3 Å². The Bertz CT molecular complexity index is 1590. The number of aryl methyl sites for hydroxylation is 1. The molecule has 3 aromatic heterocycles. The van der Waals surface area contributed by atoms with Crippen LogP contribution in [0.5, 0.6) is 11.6 Å². The lowest BCUT2D eigenvalue weighted by molar-refractivity contribution is 0.117. The Labute approximate surface area is 212 Å². The molecular formula is C27H23ClN4O4. The number of halogens is 1. The topological polar surface area (TPSA) is 114 Å². The zero-order chi connectivity index (χ0) is 25.4. The Hall–Kier alpha value is -3.98. The first-order valence-corrected chi connectivity index (χ1v) is 11.5. The number of imidazole rings is 1. The molecule has 0 spiro atoms. The maximum Gasteiger partial charge on any atom is 0.214 e. The van der Waals surface area contributed by atoms with E-state index in [2.05, 4.69) is 15.0 Å². The number of nitrogens with zero attached hydrogens (tertiary/aromatic N) is 4. The lowest BCUT2D eigenvalue weighted by Crippen LogP contribution is -2.31. The number of rotatable bonds is 6. The molecule has 0 aliphatic carbocycles. The fourth-order valence-corrected chi connectivity index (χ4v) is 4.58. The van der Waals surface area contributed by atoms with Crippen molar-refractivity contribution < 1.29 is 20.1 Å². The van der Waals surface area contributed by atoms with Gasteiger partial charge in [-0.05, 0) is 47.0 Å². The lowest BCUT2D eigenvalue weighted by atomic mass is 9.83. The van der Waals surface area contributed by atoms with E-state index >= 15 is 0 Å². The maximum atomic E-state index is 12.4. The van der Waals surface area contributed by atoms with E-state index in [-0.39, 0.29) is 17.5 Å². The van der Waals surface area contributed by atoms with Gasteiger partial charge in [0.2, 0.25) is 5.88 Å². The summed E-state index contributed by atoms with van der Waals surface area (Å²) in [4.78, 5) is 13.0. The van der Waals surface area contributed by atoms with Crippen LogP contribution in [-0.2, 0) is 19.3 Å². The molecule has 0 aliphatic rings. The van der Waals surface area contributed by atoms with Crippen LogP contribution in [0.25, 0.3) is 22.0 Å². The van der Waals surface area contributed by atoms with E-state index in [1.807, 2.05) is 12.1 Å². The Kier molecular flexibility index (Phi) is 6.09. The third kappa shape index (κ3) is 3.95. The molecule has 2 aromatic carbocycles. The average molecular weight is 503 g/mol. The molecular weight excluding hydrogens is 480 g/mol. The number of benzene rings is 2. The van der Waals surface area contributed by atoms with E-state index in [1.165, 1.54) is 6.20 Å². The van der Waals surface area contributed by atoms with Gasteiger partial charge in [0.1, 0.15) is 10.9 Å². The summed E-state index contributed by atoms with van der Waals surface area (Å²) in [5.74, 6) is 0.549. The van der Waals surface area contributed by atoms with Crippen molar-refractivity contribution >= 4 is 22.5 Å². The van der Waals surface area contributed by atoms with E-state index in [1.54, 1.807) is 73.7 Å². The van der Waals surface area contributed by atoms with Gasteiger partial charge >= 0.3 is 0 Å². The molecule has 0 saturated carbocycles. The number of aromatic nitrogens is 4. The quantitative estimate of drug-likeness (QED) is 0.298. The summed E-state index contributed by atoms with van der Waals surface area (Å²) in [6.45, 7) is -0.329. The molecule has 0 bridgehead atoms. The van der Waals surface area contributed by atoms with Crippen molar-refractivity contribution in [1.29, 1.82) is 0 Å². The molecule has 5 rings (SSSR count). The summed E-state index contributed by atoms with van der Waals surface area (Å²) in [6, 6.07) is 15.7. The summed E-state index contributed by atoms with van der Waals surface area (Å²) >= 11 is 6.15. The lowest BCUT2D eigenvalue weighted by Gasteiger charge is -2.30. The highest BCUT2D eigenvalue weighted by Crippen LogP contribution is 2.40. The fourth-order valence-electron chi connectivity index (χ4n) is 4.41. The molecule has 36 heavy (non-hydrogen) atoms. The standard InChI is InChI=1S/C27H23ClN4O4/c1-32-15-29-13-24(32)27(35,19-8-17(14-33)26(28)30-12-19)18-6-7-23-22(10-18)21(11-25(31-23)36-2)16-4-3-5-20(34)9-16/h3-13,15,33-35H,14H2,1-2H3. The van der Waals surface area contributed by atoms with E-state index < -0.39 is 5.60 Å². The van der Waals surface area contributed by atoms with Crippen molar-refractivity contribution in [3.63, 3.8) is 0 Å². The van der Waals surface area contributed by atoms with Crippen molar-refractivity contribution in [1.82, 2.24) is 19.5 Å². The van der Waals surface area contributed by atoms with Gasteiger partial charge < -0.3 is 24.6 Å². The van der Waals surface area contributed by atoms with Gasteiger partial charge in [-0.25, -0.2) is 15.0 Å². The van der Waals surface area contributed by atoms with Crippen molar-refractivity contribution in [3.05, 3.63) is 101 Å². The van der Waals surface area contributed by atoms with E-state index in [0.29, 0.717) is 33.8 Å². The molecule has 0 radical (unpaired) electrons. The van der Waals surface area contributed by atoms with Gasteiger partial charge in [-0.3, -0.25) is 0 Å². The number of methoxy groups -OCH3 is 1. The molecule has 8 nitrogen and oxygen atoms in total. The van der Waals surface area contributed by atoms with Crippen LogP contribution in [0.15, 0.2) is 73.3 Å². The SMILES string of the molecule is COc1cc(-c2cccc(O)c2)c2cc(C(O)(c3cnc(Cl)c(CO)c3)c3cncn3C)ccc2n1. The Balaban J connectivity index is 1.81. The molecule has 0 fully saturated rings. The van der Waals surface area contributed by atoms with Crippen LogP contribution in [-0.4, -0.2) is 41.9 Å². The molecule has 1 atom stereocenters. The number of aliphatic hydroxyl groups is 2. The fraction of sp³-hybridized carbons (Fsp3) is 0.148. The number of hydrogen-bond donors (Lipinski definition) is 3. The van der Waals surface area contributed by atoms with Gasteiger partial charge in [-0.1, -0.05) is 29.8 Å². The Morgan fingerprint density at radius 1 is 1.06 bits per heavy atom. The number of pyridine rings is 2. The highest BCUT2D eigenvalue weighted by molar-refractivity contribution is 6.30. The van der Waals surface area contributed by atoms with Gasteiger partial charge in [-0.2, -0.15) is 0 Å². The van der Waals surface area contributed by atoms with Crippen LogP contribution in [0, 0.1) is 0 Å². The van der Waals surface area contributed by atoms with E-state index in [0.717, 1.165) is 16.5 Å². The molecule has 3 heterocycles. The second-order valence-electron chi connectivity index (χ2n) is 8.43. The Morgan fingerprint density at radius 3 is 2.58 bits per heavy atom. The smallest absolute Gasteiger partial charge is 0.214 e. The second-order valence-corrected chi connectivity index (χ2v) is 8.78. The third-order valence-electron chi connectivity index (χ3n) is 6.26. The predicted octanol–water partition coefficient (Wildman–Crippen LogP) is 4.17. The molecule has 0 amide bonds. The number of phenols is 1. The Morgan fingerprint density at radius 2 is 1.89 bits per heavy atom. The zero-order valence-corrected chi connectivity index (χ0v) is 20.3. The summed E-state index contributed by atoms with van der Waals surface area (Å²) in [7, 11) is 3.33. The monoisotopic (exact) mass is 502 g/mol. The third-order valence-corrected chi connectivity index (χ3v) is 6.60. The van der Waals surface area contributed by atoms with Crippen LogP contribution >= 0.6 is 11.6 Å². The first-order valence-electron chi connectivity index (χ1n) is 11.1. The number of hydrogen-bond acceptors (Lipinski definition) is 7. The molecule has 5 aromatic rings. The first kappa shape index (κ1) is 23.7. The number of ether oxygens (including phenoxy) is 1. The van der Waals surface area contributed by atoms with Gasteiger partial charge in [0, 0.05) is 35.8 Å². The normalized spacial score (nSPS) is 13.0. The van der Waals surface area contributed by atoms with Crippen molar-refractivity contribution in [2.75, 3.05) is 7.11 Å². The molecule has 9 heteroatoms. The van der Waals surface area contributed by atoms with Gasteiger partial charge in [0.15, 0.2) is 5.60 Å². The van der Waals surface area contributed by atoms with E-state index in [4.69, 9.17) is 16.3 Å². The molecule has 0 aliphatic heterocycles. The molecule has 0 saturated heterocycles. The van der Waals surface area contributed by atoms with Crippen LogP contribution in [0.1, 0.15) is 22.4 Å². The van der Waals surface area contributed by atoms with Crippen molar-refractivity contribution in [2.24, 2.45) is 7.05 Å². The van der Waals surface area contributed by atoms with Gasteiger partial charge in [-0.15, -0.1) is 0 Å². The van der Waals surface area contributed by atoms with Crippen LogP contribution in [0.4, 0.5) is 0 Å². The maximum absolute atomic E-state index is 12.4. The summed E-state index contributed by atoms with van der Waals surface area (Å²) in [5, 5.41) is 33.1. The van der Waals surface area contributed by atoms with Gasteiger partial charge in [0.05, 0.1) is 37.5 Å². The number of aliphatic hydroxyl groups excluding tert-OH is 1. The predicted molar refractivity (Wildman–Crippen MR) is 136 cm³/mol. The largest absolute Gasteiger partial charge is 0.508 e. The first-order chi connectivity index (χ1) is 17.3. The van der Waals surface area contributed by atoms with Crippen LogP contribution < -0.4 is 4.74 Å². The average Bonchev–Trinajstić information content (AvgIpc) is 3.33. The second kappa shape index (κ2) is 9.23. The number of aromatic hydroxyl groups is 1. The molecule has 182 valence electrons.